The van der Waals surface area contributed by atoms with Gasteiger partial charge in [0.2, 0.25) is 0 Å². The van der Waals surface area contributed by atoms with Crippen LogP contribution in [-0.4, -0.2) is 37.2 Å². The number of esters is 3. The van der Waals surface area contributed by atoms with Gasteiger partial charge < -0.3 is 14.2 Å². The highest BCUT2D eigenvalue weighted by molar-refractivity contribution is 5.71. The summed E-state index contributed by atoms with van der Waals surface area (Å²) in [7, 11) is 0. The molecule has 0 aromatic heterocycles. The SMILES string of the molecule is CC/C=C\C/C=C\C/C=C\C/C=C\C/C=C\C/C=C\C/C=C\CCCCCC(=O)OCC(COC(=O)CCCCCCCCCCCCCCCCC)OC(=O)CCCCCCCCC/C=C\C/C=C\CCCCC. The lowest BCUT2D eigenvalue weighted by Crippen LogP contribution is -2.30. The van der Waals surface area contributed by atoms with Gasteiger partial charge in [-0.05, 0) is 109 Å². The smallest absolute Gasteiger partial charge is 0.306 e. The number of rotatable bonds is 56. The fourth-order valence-electron chi connectivity index (χ4n) is 8.57. The summed E-state index contributed by atoms with van der Waals surface area (Å²) >= 11 is 0. The molecular formula is C69H116O6. The number of carbonyl (C=O) groups excluding carboxylic acids is 3. The van der Waals surface area contributed by atoms with Crippen molar-refractivity contribution in [2.24, 2.45) is 0 Å². The van der Waals surface area contributed by atoms with Crippen molar-refractivity contribution in [3.05, 3.63) is 109 Å². The summed E-state index contributed by atoms with van der Waals surface area (Å²) in [4.78, 5) is 38.3. The van der Waals surface area contributed by atoms with Crippen molar-refractivity contribution in [1.29, 1.82) is 0 Å². The van der Waals surface area contributed by atoms with E-state index in [1.807, 2.05) is 0 Å². The minimum atomic E-state index is -0.798. The number of allylic oxidation sites excluding steroid dienone is 18. The van der Waals surface area contributed by atoms with Gasteiger partial charge in [0.05, 0.1) is 0 Å². The number of unbranched alkanes of at least 4 members (excludes halogenated alkanes) is 27. The largest absolute Gasteiger partial charge is 0.462 e. The zero-order valence-corrected chi connectivity index (χ0v) is 49.0. The van der Waals surface area contributed by atoms with Gasteiger partial charge in [0, 0.05) is 19.3 Å². The van der Waals surface area contributed by atoms with Crippen LogP contribution < -0.4 is 0 Å². The lowest BCUT2D eigenvalue weighted by Gasteiger charge is -2.18. The molecule has 6 nitrogen and oxygen atoms in total. The van der Waals surface area contributed by atoms with E-state index in [1.54, 1.807) is 0 Å². The predicted molar refractivity (Wildman–Crippen MR) is 325 cm³/mol. The highest BCUT2D eigenvalue weighted by Crippen LogP contribution is 2.16. The predicted octanol–water partition coefficient (Wildman–Crippen LogP) is 21.4. The topological polar surface area (TPSA) is 78.9 Å². The molecule has 0 spiro atoms. The Morgan fingerprint density at radius 2 is 0.520 bits per heavy atom. The van der Waals surface area contributed by atoms with Crippen molar-refractivity contribution >= 4 is 17.9 Å². The van der Waals surface area contributed by atoms with E-state index in [1.165, 1.54) is 128 Å². The first-order valence-electron chi connectivity index (χ1n) is 31.4. The van der Waals surface area contributed by atoms with Crippen molar-refractivity contribution in [3.63, 3.8) is 0 Å². The molecule has 1 atom stereocenters. The van der Waals surface area contributed by atoms with Crippen LogP contribution in [-0.2, 0) is 28.6 Å². The van der Waals surface area contributed by atoms with Gasteiger partial charge >= 0.3 is 17.9 Å². The standard InChI is InChI=1S/C69H116O6/c1-4-7-10-13-16-19-22-25-28-30-31-32-33-34-35-36-37-39-41-44-47-50-53-56-59-62-68(71)74-65-66(64-73-67(70)61-58-55-52-49-46-43-40-27-24-21-18-15-12-9-6-3)75-69(72)63-60-57-54-51-48-45-42-38-29-26-23-20-17-14-11-8-5-2/h7,10,16-17,19-20,25-26,28-29,31-32,34-35,37,39,44,47,66H,4-6,8-9,11-15,18,21-24,27,30,33,36,38,40-43,45-46,48-65H2,1-3H3/b10-7-,19-16-,20-17-,28-25-,29-26-,32-31-,35-34-,39-37-,47-44-. The lowest BCUT2D eigenvalue weighted by atomic mass is 10.0. The highest BCUT2D eigenvalue weighted by atomic mass is 16.6. The molecule has 0 saturated heterocycles. The molecule has 0 aromatic carbocycles. The maximum atomic E-state index is 12.9. The van der Waals surface area contributed by atoms with E-state index in [0.29, 0.717) is 19.3 Å². The normalized spacial score (nSPS) is 12.8. The molecule has 6 heteroatoms. The molecule has 75 heavy (non-hydrogen) atoms. The maximum absolute atomic E-state index is 12.9. The van der Waals surface area contributed by atoms with Gasteiger partial charge in [-0.2, -0.15) is 0 Å². The third-order valence-corrected chi connectivity index (χ3v) is 13.3. The van der Waals surface area contributed by atoms with E-state index in [9.17, 15) is 14.4 Å². The van der Waals surface area contributed by atoms with E-state index in [2.05, 4.69) is 130 Å². The molecule has 0 saturated carbocycles. The summed E-state index contributed by atoms with van der Waals surface area (Å²) in [6.07, 6.45) is 85.1. The summed E-state index contributed by atoms with van der Waals surface area (Å²) in [5, 5.41) is 0. The second kappa shape index (κ2) is 62.6. The van der Waals surface area contributed by atoms with Crippen LogP contribution in [0.3, 0.4) is 0 Å². The van der Waals surface area contributed by atoms with Crippen LogP contribution >= 0.6 is 0 Å². The van der Waals surface area contributed by atoms with Crippen molar-refractivity contribution < 1.29 is 28.6 Å². The Morgan fingerprint density at radius 1 is 0.280 bits per heavy atom. The average Bonchev–Trinajstić information content (AvgIpc) is 3.41. The third kappa shape index (κ3) is 60.8. The van der Waals surface area contributed by atoms with E-state index in [-0.39, 0.29) is 31.1 Å². The molecule has 0 aliphatic carbocycles. The minimum Gasteiger partial charge on any atom is -0.462 e. The number of ether oxygens (including phenoxy) is 3. The summed E-state index contributed by atoms with van der Waals surface area (Å²) in [6.45, 7) is 6.49. The molecule has 428 valence electrons. The molecule has 0 amide bonds. The molecule has 0 aromatic rings. The van der Waals surface area contributed by atoms with Crippen LogP contribution in [0.4, 0.5) is 0 Å². The number of hydrogen-bond acceptors (Lipinski definition) is 6. The van der Waals surface area contributed by atoms with Gasteiger partial charge in [-0.3, -0.25) is 14.4 Å². The van der Waals surface area contributed by atoms with Gasteiger partial charge in [0.1, 0.15) is 13.2 Å². The fourth-order valence-corrected chi connectivity index (χ4v) is 8.57. The van der Waals surface area contributed by atoms with E-state index >= 15 is 0 Å². The molecule has 0 heterocycles. The molecule has 0 aliphatic rings. The van der Waals surface area contributed by atoms with E-state index in [0.717, 1.165) is 122 Å². The van der Waals surface area contributed by atoms with Crippen LogP contribution in [0.1, 0.15) is 290 Å². The zero-order valence-electron chi connectivity index (χ0n) is 49.0. The fraction of sp³-hybridized carbons (Fsp3) is 0.696. The van der Waals surface area contributed by atoms with Gasteiger partial charge in [-0.25, -0.2) is 0 Å². The van der Waals surface area contributed by atoms with Crippen LogP contribution in [0.25, 0.3) is 0 Å². The highest BCUT2D eigenvalue weighted by Gasteiger charge is 2.19. The monoisotopic (exact) mass is 1040 g/mol. The Morgan fingerprint density at radius 3 is 0.853 bits per heavy atom. The van der Waals surface area contributed by atoms with Crippen molar-refractivity contribution in [1.82, 2.24) is 0 Å². The molecular weight excluding hydrogens is 925 g/mol. The molecule has 0 N–H and O–H groups in total. The Hall–Kier alpha value is -3.93. The van der Waals surface area contributed by atoms with E-state index in [4.69, 9.17) is 14.2 Å². The minimum absolute atomic E-state index is 0.0908. The molecule has 1 unspecified atom stereocenters. The van der Waals surface area contributed by atoms with Gasteiger partial charge in [-0.15, -0.1) is 0 Å². The van der Waals surface area contributed by atoms with Gasteiger partial charge in [0.25, 0.3) is 0 Å². The van der Waals surface area contributed by atoms with Gasteiger partial charge in [-0.1, -0.05) is 271 Å². The molecule has 0 bridgehead atoms. The first-order chi connectivity index (χ1) is 37.0. The Bertz CT molecular complexity index is 1520. The Balaban J connectivity index is 4.44. The maximum Gasteiger partial charge on any atom is 0.306 e. The van der Waals surface area contributed by atoms with Gasteiger partial charge in [0.15, 0.2) is 6.10 Å². The molecule has 0 aliphatic heterocycles. The summed E-state index contributed by atoms with van der Waals surface area (Å²) < 4.78 is 16.9. The second-order valence-corrected chi connectivity index (χ2v) is 20.6. The van der Waals surface area contributed by atoms with Crippen LogP contribution in [0, 0.1) is 0 Å². The first-order valence-corrected chi connectivity index (χ1v) is 31.4. The van der Waals surface area contributed by atoms with Crippen LogP contribution in [0.2, 0.25) is 0 Å². The number of carbonyl (C=O) groups is 3. The zero-order chi connectivity index (χ0) is 54.3. The number of hydrogen-bond donors (Lipinski definition) is 0. The molecule has 0 fully saturated rings. The van der Waals surface area contributed by atoms with Crippen LogP contribution in [0.5, 0.6) is 0 Å². The molecule has 0 rings (SSSR count). The lowest BCUT2D eigenvalue weighted by molar-refractivity contribution is -0.167. The first kappa shape index (κ1) is 71.1. The summed E-state index contributed by atoms with van der Waals surface area (Å²) in [5.41, 5.74) is 0. The van der Waals surface area contributed by atoms with Crippen molar-refractivity contribution in [2.75, 3.05) is 13.2 Å². The van der Waals surface area contributed by atoms with Crippen molar-refractivity contribution in [3.8, 4) is 0 Å². The third-order valence-electron chi connectivity index (χ3n) is 13.3. The summed E-state index contributed by atoms with van der Waals surface area (Å²) in [5.74, 6) is -0.925. The van der Waals surface area contributed by atoms with Crippen LogP contribution in [0.15, 0.2) is 109 Å². The second-order valence-electron chi connectivity index (χ2n) is 20.6. The quantitative estimate of drug-likeness (QED) is 0.0261. The Kier molecular flexibility index (Phi) is 59.3. The van der Waals surface area contributed by atoms with E-state index < -0.39 is 6.10 Å². The summed E-state index contributed by atoms with van der Waals surface area (Å²) in [6, 6.07) is 0. The molecule has 0 radical (unpaired) electrons. The average molecular weight is 1040 g/mol. The van der Waals surface area contributed by atoms with Crippen molar-refractivity contribution in [2.45, 2.75) is 297 Å². The Labute approximate surface area is 463 Å².